The highest BCUT2D eigenvalue weighted by atomic mass is 79.9. The molecule has 2 aromatic heterocycles. The number of halogens is 2. The van der Waals surface area contributed by atoms with Crippen molar-refractivity contribution in [3.63, 3.8) is 0 Å². The zero-order valence-corrected chi connectivity index (χ0v) is 17.5. The van der Waals surface area contributed by atoms with Crippen LogP contribution in [0.1, 0.15) is 0 Å². The van der Waals surface area contributed by atoms with Crippen LogP contribution in [-0.4, -0.2) is 29.6 Å². The Morgan fingerprint density at radius 1 is 1.03 bits per heavy atom. The highest BCUT2D eigenvalue weighted by Crippen LogP contribution is 2.33. The monoisotopic (exact) mass is 472 g/mol. The van der Waals surface area contributed by atoms with Crippen molar-refractivity contribution in [2.75, 3.05) is 11.6 Å². The molecule has 4 rings (SSSR count). The summed E-state index contributed by atoms with van der Waals surface area (Å²) in [6.07, 6.45) is 7.12. The van der Waals surface area contributed by atoms with Crippen LogP contribution in [0.25, 0.3) is 22.2 Å². The van der Waals surface area contributed by atoms with Crippen LogP contribution in [0.4, 0.5) is 15.8 Å². The first-order valence-corrected chi connectivity index (χ1v) is 11.1. The number of nitrogens with zero attached hydrogens (tertiary/aromatic N) is 3. The van der Waals surface area contributed by atoms with Gasteiger partial charge in [0.05, 0.1) is 32.3 Å². The van der Waals surface area contributed by atoms with E-state index in [0.29, 0.717) is 38.0 Å². The van der Waals surface area contributed by atoms with Crippen molar-refractivity contribution < 1.29 is 12.8 Å². The number of benzene rings is 2. The van der Waals surface area contributed by atoms with E-state index >= 15 is 0 Å². The first-order chi connectivity index (χ1) is 13.8. The molecule has 0 unspecified atom stereocenters. The number of anilines is 2. The van der Waals surface area contributed by atoms with Gasteiger partial charge in [0.25, 0.3) is 0 Å². The summed E-state index contributed by atoms with van der Waals surface area (Å²) in [6.45, 7) is 0. The molecule has 4 aromatic rings. The molecule has 146 valence electrons. The van der Waals surface area contributed by atoms with Crippen LogP contribution in [0.5, 0.6) is 0 Å². The van der Waals surface area contributed by atoms with Gasteiger partial charge in [0, 0.05) is 36.1 Å². The lowest BCUT2D eigenvalue weighted by molar-refractivity contribution is 0.602. The lowest BCUT2D eigenvalue weighted by Crippen LogP contribution is -2.03. The molecule has 0 bridgehead atoms. The van der Waals surface area contributed by atoms with E-state index in [1.807, 2.05) is 0 Å². The van der Waals surface area contributed by atoms with E-state index in [1.54, 1.807) is 36.7 Å². The summed E-state index contributed by atoms with van der Waals surface area (Å²) >= 11 is 3.16. The maximum absolute atomic E-state index is 14.1. The minimum Gasteiger partial charge on any atom is -0.353 e. The highest BCUT2D eigenvalue weighted by molar-refractivity contribution is 9.10. The van der Waals surface area contributed by atoms with E-state index in [9.17, 15) is 12.8 Å². The maximum Gasteiger partial charge on any atom is 0.177 e. The summed E-state index contributed by atoms with van der Waals surface area (Å²) in [4.78, 5) is 12.9. The van der Waals surface area contributed by atoms with Crippen molar-refractivity contribution in [2.24, 2.45) is 0 Å². The third-order valence-corrected chi connectivity index (χ3v) is 6.06. The van der Waals surface area contributed by atoms with Crippen molar-refractivity contribution in [1.82, 2.24) is 15.0 Å². The van der Waals surface area contributed by atoms with E-state index in [0.717, 1.165) is 6.26 Å². The largest absolute Gasteiger partial charge is 0.353 e. The number of rotatable bonds is 4. The second-order valence-corrected chi connectivity index (χ2v) is 9.18. The maximum atomic E-state index is 14.1. The van der Waals surface area contributed by atoms with E-state index in [4.69, 9.17) is 0 Å². The molecule has 0 saturated carbocycles. The van der Waals surface area contributed by atoms with Crippen LogP contribution in [0.3, 0.4) is 0 Å². The van der Waals surface area contributed by atoms with Crippen LogP contribution in [0.2, 0.25) is 0 Å². The summed E-state index contributed by atoms with van der Waals surface area (Å²) in [5, 5.41) is 3.09. The second-order valence-electron chi connectivity index (χ2n) is 6.35. The zero-order valence-electron chi connectivity index (χ0n) is 15.1. The molecule has 6 nitrogen and oxygen atoms in total. The minimum absolute atomic E-state index is 0.128. The third kappa shape index (κ3) is 3.96. The van der Waals surface area contributed by atoms with Crippen LogP contribution in [0.15, 0.2) is 70.6 Å². The first kappa shape index (κ1) is 19.4. The van der Waals surface area contributed by atoms with Gasteiger partial charge in [-0.1, -0.05) is 6.07 Å². The Morgan fingerprint density at radius 3 is 2.59 bits per heavy atom. The molecule has 9 heteroatoms. The van der Waals surface area contributed by atoms with Gasteiger partial charge in [-0.2, -0.15) is 0 Å². The van der Waals surface area contributed by atoms with Crippen molar-refractivity contribution in [2.45, 2.75) is 4.90 Å². The molecule has 2 heterocycles. The minimum atomic E-state index is -3.45. The van der Waals surface area contributed by atoms with Gasteiger partial charge in [0.15, 0.2) is 9.84 Å². The molecule has 2 aromatic carbocycles. The number of pyridine rings is 1. The van der Waals surface area contributed by atoms with Crippen LogP contribution in [-0.2, 0) is 9.84 Å². The average Bonchev–Trinajstić information content (AvgIpc) is 2.69. The Balaban J connectivity index is 1.89. The molecular formula is C20H14BrFN4O2S. The van der Waals surface area contributed by atoms with Gasteiger partial charge in [-0.05, 0) is 51.8 Å². The lowest BCUT2D eigenvalue weighted by atomic mass is 10.0. The summed E-state index contributed by atoms with van der Waals surface area (Å²) in [5.41, 5.74) is 3.39. The summed E-state index contributed by atoms with van der Waals surface area (Å²) in [5.74, 6) is -0.399. The Morgan fingerprint density at radius 2 is 1.83 bits per heavy atom. The van der Waals surface area contributed by atoms with E-state index in [2.05, 4.69) is 36.2 Å². The molecule has 0 radical (unpaired) electrons. The normalized spacial score (nSPS) is 11.6. The standard InChI is InChI=1S/C20H14BrFN4O2S/c1-29(27,28)19-4-5-23-11-18(19)26-13-9-14(12-2-3-15(21)16(22)8-12)20-17(10-13)24-6-7-25-20/h2-11,26H,1H3. The number of nitrogens with one attached hydrogen (secondary N) is 1. The quantitative estimate of drug-likeness (QED) is 0.461. The third-order valence-electron chi connectivity index (χ3n) is 4.26. The molecule has 0 spiro atoms. The van der Waals surface area contributed by atoms with Crippen LogP contribution < -0.4 is 5.32 Å². The fourth-order valence-electron chi connectivity index (χ4n) is 2.99. The van der Waals surface area contributed by atoms with Gasteiger partial charge >= 0.3 is 0 Å². The van der Waals surface area contributed by atoms with E-state index in [-0.39, 0.29) is 4.90 Å². The van der Waals surface area contributed by atoms with Crippen molar-refractivity contribution in [1.29, 1.82) is 0 Å². The zero-order chi connectivity index (χ0) is 20.6. The average molecular weight is 473 g/mol. The van der Waals surface area contributed by atoms with Gasteiger partial charge in [0.2, 0.25) is 0 Å². The fraction of sp³-hybridized carbons (Fsp3) is 0.0500. The molecule has 0 aliphatic carbocycles. The van der Waals surface area contributed by atoms with Crippen molar-refractivity contribution in [3.8, 4) is 11.1 Å². The molecule has 0 saturated heterocycles. The molecule has 29 heavy (non-hydrogen) atoms. The molecule has 0 aliphatic rings. The number of aromatic nitrogens is 3. The highest BCUT2D eigenvalue weighted by Gasteiger charge is 2.15. The summed E-state index contributed by atoms with van der Waals surface area (Å²) < 4.78 is 38.6. The Bertz CT molecular complexity index is 1350. The molecule has 1 N–H and O–H groups in total. The molecule has 0 atom stereocenters. The topological polar surface area (TPSA) is 84.8 Å². The smallest absolute Gasteiger partial charge is 0.177 e. The first-order valence-electron chi connectivity index (χ1n) is 8.44. The molecule has 0 aliphatic heterocycles. The Kier molecular flexibility index (Phi) is 5.01. The number of hydrogen-bond donors (Lipinski definition) is 1. The van der Waals surface area contributed by atoms with Gasteiger partial charge < -0.3 is 5.32 Å². The molecular weight excluding hydrogens is 459 g/mol. The SMILES string of the molecule is CS(=O)(=O)c1ccncc1Nc1cc(-c2ccc(Br)c(F)c2)c2nccnc2c1. The van der Waals surface area contributed by atoms with Crippen molar-refractivity contribution >= 4 is 48.2 Å². The molecule has 0 fully saturated rings. The van der Waals surface area contributed by atoms with E-state index < -0.39 is 15.7 Å². The van der Waals surface area contributed by atoms with Gasteiger partial charge in [-0.15, -0.1) is 0 Å². The van der Waals surface area contributed by atoms with Crippen molar-refractivity contribution in [3.05, 3.63) is 71.5 Å². The van der Waals surface area contributed by atoms with Gasteiger partial charge in [0.1, 0.15) is 5.82 Å². The number of sulfone groups is 1. The van der Waals surface area contributed by atoms with E-state index in [1.165, 1.54) is 24.5 Å². The Hall–Kier alpha value is -2.91. The second kappa shape index (κ2) is 7.49. The van der Waals surface area contributed by atoms with Gasteiger partial charge in [-0.3, -0.25) is 15.0 Å². The van der Waals surface area contributed by atoms with Crippen LogP contribution >= 0.6 is 15.9 Å². The fourth-order valence-corrected chi connectivity index (χ4v) is 4.04. The lowest BCUT2D eigenvalue weighted by Gasteiger charge is -2.13. The predicted molar refractivity (Wildman–Crippen MR) is 113 cm³/mol. The summed E-state index contributed by atoms with van der Waals surface area (Å²) in [7, 11) is -3.45. The van der Waals surface area contributed by atoms with Gasteiger partial charge in [-0.25, -0.2) is 12.8 Å². The Labute approximate surface area is 174 Å². The summed E-state index contributed by atoms with van der Waals surface area (Å²) in [6, 6.07) is 9.76. The molecule has 0 amide bonds. The van der Waals surface area contributed by atoms with Crippen LogP contribution in [0, 0.1) is 5.82 Å². The number of fused-ring (bicyclic) bond motifs is 1. The number of hydrogen-bond acceptors (Lipinski definition) is 6. The predicted octanol–water partition coefficient (Wildman–Crippen LogP) is 4.74.